The van der Waals surface area contributed by atoms with E-state index in [4.69, 9.17) is 28.4 Å². The maximum Gasteiger partial charge on any atom is 0.347 e. The molecule has 12 nitrogen and oxygen atoms in total. The number of hydrogen-bond acceptors (Lipinski definition) is 12. The van der Waals surface area contributed by atoms with Crippen LogP contribution in [0.15, 0.2) is 0 Å². The zero-order valence-corrected chi connectivity index (χ0v) is 28.8. The standard InChI is InChI=1S/C33H52O12/c1-29(2,3)19-33(11,28(39)43-18-24(35)45-22-13-15-41-27(22)38)32(9,10)31(7,8)16-20(30(4,5)6)25(36)42-17-23(34)44-21-12-14-40-26(21)37/h20-22H,12-19H2,1-11H3. The molecule has 0 aromatic heterocycles. The van der Waals surface area contributed by atoms with E-state index in [2.05, 4.69) is 0 Å². The summed E-state index contributed by atoms with van der Waals surface area (Å²) in [5.74, 6) is -4.84. The van der Waals surface area contributed by atoms with Crippen molar-refractivity contribution >= 4 is 35.8 Å². The summed E-state index contributed by atoms with van der Waals surface area (Å²) in [5.41, 5.74) is -3.59. The molecule has 0 saturated carbocycles. The molecule has 4 atom stereocenters. The summed E-state index contributed by atoms with van der Waals surface area (Å²) in [6.07, 6.45) is -0.850. The average molecular weight is 641 g/mol. The Labute approximate surface area is 266 Å². The normalized spacial score (nSPS) is 21.2. The number of hydrogen-bond donors (Lipinski definition) is 0. The quantitative estimate of drug-likeness (QED) is 0.207. The van der Waals surface area contributed by atoms with Gasteiger partial charge in [0.15, 0.2) is 13.2 Å². The molecule has 45 heavy (non-hydrogen) atoms. The van der Waals surface area contributed by atoms with Gasteiger partial charge in [-0.15, -0.1) is 0 Å². The molecule has 0 bridgehead atoms. The van der Waals surface area contributed by atoms with Gasteiger partial charge in [0, 0.05) is 12.8 Å². The molecular weight excluding hydrogens is 588 g/mol. The number of cyclic esters (lactones) is 2. The van der Waals surface area contributed by atoms with Gasteiger partial charge in [0.25, 0.3) is 0 Å². The van der Waals surface area contributed by atoms with Crippen LogP contribution in [-0.2, 0) is 57.2 Å². The lowest BCUT2D eigenvalue weighted by Gasteiger charge is -2.55. The molecule has 4 unspecified atom stereocenters. The minimum Gasteiger partial charge on any atom is -0.463 e. The fraction of sp³-hybridized carbons (Fsp3) is 0.818. The Morgan fingerprint density at radius 3 is 1.56 bits per heavy atom. The molecule has 0 radical (unpaired) electrons. The van der Waals surface area contributed by atoms with Crippen molar-refractivity contribution in [2.45, 2.75) is 114 Å². The number of esters is 6. The van der Waals surface area contributed by atoms with Gasteiger partial charge < -0.3 is 28.4 Å². The Bertz CT molecular complexity index is 1140. The first-order valence-corrected chi connectivity index (χ1v) is 15.5. The third kappa shape index (κ3) is 9.66. The van der Waals surface area contributed by atoms with E-state index in [1.54, 1.807) is 6.92 Å². The maximum absolute atomic E-state index is 13.9. The fourth-order valence-corrected chi connectivity index (χ4v) is 5.93. The second kappa shape index (κ2) is 14.1. The van der Waals surface area contributed by atoms with Crippen LogP contribution in [0.25, 0.3) is 0 Å². The largest absolute Gasteiger partial charge is 0.463 e. The first-order valence-electron chi connectivity index (χ1n) is 15.5. The maximum atomic E-state index is 13.9. The zero-order valence-electron chi connectivity index (χ0n) is 28.8. The van der Waals surface area contributed by atoms with E-state index < -0.39 is 88.8 Å². The van der Waals surface area contributed by atoms with Crippen molar-refractivity contribution in [3.8, 4) is 0 Å². The molecular formula is C33H52O12. The van der Waals surface area contributed by atoms with Crippen LogP contribution >= 0.6 is 0 Å². The lowest BCUT2D eigenvalue weighted by atomic mass is 9.49. The van der Waals surface area contributed by atoms with E-state index >= 15 is 0 Å². The highest BCUT2D eigenvalue weighted by molar-refractivity contribution is 5.84. The first-order chi connectivity index (χ1) is 20.4. The van der Waals surface area contributed by atoms with Gasteiger partial charge in [-0.1, -0.05) is 69.2 Å². The lowest BCUT2D eigenvalue weighted by molar-refractivity contribution is -0.183. The average Bonchev–Trinajstić information content (AvgIpc) is 3.49. The summed E-state index contributed by atoms with van der Waals surface area (Å²) in [5, 5.41) is 0. The fourth-order valence-electron chi connectivity index (χ4n) is 5.93. The number of carbonyl (C=O) groups excluding carboxylic acids is 6. The molecule has 2 aliphatic rings. The van der Waals surface area contributed by atoms with Crippen molar-refractivity contribution < 1.29 is 57.2 Å². The summed E-state index contributed by atoms with van der Waals surface area (Å²) < 4.78 is 30.8. The van der Waals surface area contributed by atoms with Crippen molar-refractivity contribution in [2.75, 3.05) is 26.4 Å². The molecule has 12 heteroatoms. The predicted molar refractivity (Wildman–Crippen MR) is 160 cm³/mol. The van der Waals surface area contributed by atoms with Crippen LogP contribution in [0.3, 0.4) is 0 Å². The van der Waals surface area contributed by atoms with E-state index in [9.17, 15) is 28.8 Å². The summed E-state index contributed by atoms with van der Waals surface area (Å²) in [6.45, 7) is 20.3. The Morgan fingerprint density at radius 1 is 0.733 bits per heavy atom. The molecule has 0 amide bonds. The Kier molecular flexibility index (Phi) is 11.9. The predicted octanol–water partition coefficient (Wildman–Crippen LogP) is 4.34. The third-order valence-corrected chi connectivity index (χ3v) is 9.43. The van der Waals surface area contributed by atoms with Crippen LogP contribution in [0.5, 0.6) is 0 Å². The van der Waals surface area contributed by atoms with Gasteiger partial charge in [-0.2, -0.15) is 0 Å². The summed E-state index contributed by atoms with van der Waals surface area (Å²) >= 11 is 0. The smallest absolute Gasteiger partial charge is 0.347 e. The van der Waals surface area contributed by atoms with Gasteiger partial charge in [-0.05, 0) is 41.4 Å². The Morgan fingerprint density at radius 2 is 1.18 bits per heavy atom. The van der Waals surface area contributed by atoms with E-state index in [0.29, 0.717) is 6.42 Å². The lowest BCUT2D eigenvalue weighted by Crippen LogP contribution is -2.54. The highest BCUT2D eigenvalue weighted by Crippen LogP contribution is 2.59. The molecule has 0 aromatic rings. The number of rotatable bonds is 13. The van der Waals surface area contributed by atoms with E-state index in [1.165, 1.54) is 0 Å². The van der Waals surface area contributed by atoms with Crippen LogP contribution < -0.4 is 0 Å². The third-order valence-electron chi connectivity index (χ3n) is 9.43. The van der Waals surface area contributed by atoms with Gasteiger partial charge in [-0.25, -0.2) is 19.2 Å². The molecule has 2 rings (SSSR count). The van der Waals surface area contributed by atoms with Crippen LogP contribution in [0.4, 0.5) is 0 Å². The van der Waals surface area contributed by atoms with Gasteiger partial charge >= 0.3 is 35.8 Å². The number of carbonyl (C=O) groups is 6. The van der Waals surface area contributed by atoms with Gasteiger partial charge in [-0.3, -0.25) is 9.59 Å². The van der Waals surface area contributed by atoms with E-state index in [0.717, 1.165) is 0 Å². The number of ether oxygens (including phenoxy) is 6. The second-order valence-electron chi connectivity index (χ2n) is 15.8. The van der Waals surface area contributed by atoms with Crippen molar-refractivity contribution in [3.63, 3.8) is 0 Å². The van der Waals surface area contributed by atoms with E-state index in [-0.39, 0.29) is 37.9 Å². The van der Waals surface area contributed by atoms with Crippen LogP contribution in [0.1, 0.15) is 102 Å². The topological polar surface area (TPSA) is 158 Å². The van der Waals surface area contributed by atoms with Crippen molar-refractivity contribution in [1.29, 1.82) is 0 Å². The molecule has 0 spiro atoms. The minimum atomic E-state index is -1.15. The highest BCUT2D eigenvalue weighted by Gasteiger charge is 2.58. The molecule has 0 N–H and O–H groups in total. The molecule has 2 fully saturated rings. The SMILES string of the molecule is CC(C)(C)CC(C)(C(=O)OCC(=O)OC1CCOC1=O)C(C)(C)C(C)(C)CC(C(=O)OCC(=O)OC1CCOC1=O)C(C)(C)C. The summed E-state index contributed by atoms with van der Waals surface area (Å²) in [7, 11) is 0. The Balaban J connectivity index is 2.23. The molecule has 2 aliphatic heterocycles. The molecule has 0 aromatic carbocycles. The second-order valence-corrected chi connectivity index (χ2v) is 15.8. The van der Waals surface area contributed by atoms with Gasteiger partial charge in [0.2, 0.25) is 12.2 Å². The van der Waals surface area contributed by atoms with E-state index in [1.807, 2.05) is 69.2 Å². The zero-order chi connectivity index (χ0) is 34.6. The summed E-state index contributed by atoms with van der Waals surface area (Å²) in [6, 6.07) is 0. The molecule has 256 valence electrons. The first kappa shape index (κ1) is 38.0. The van der Waals surface area contributed by atoms with Crippen LogP contribution in [0, 0.1) is 33.0 Å². The van der Waals surface area contributed by atoms with Crippen LogP contribution in [-0.4, -0.2) is 74.5 Å². The Hall–Kier alpha value is -3.18. The highest BCUT2D eigenvalue weighted by atomic mass is 16.6. The van der Waals surface area contributed by atoms with Crippen molar-refractivity contribution in [1.82, 2.24) is 0 Å². The minimum absolute atomic E-state index is 0.160. The van der Waals surface area contributed by atoms with Crippen LogP contribution in [0.2, 0.25) is 0 Å². The van der Waals surface area contributed by atoms with Crippen molar-refractivity contribution in [3.05, 3.63) is 0 Å². The monoisotopic (exact) mass is 640 g/mol. The van der Waals surface area contributed by atoms with Gasteiger partial charge in [0.05, 0.1) is 24.5 Å². The molecule has 0 aliphatic carbocycles. The molecule has 2 saturated heterocycles. The summed E-state index contributed by atoms with van der Waals surface area (Å²) in [4.78, 5) is 75.4. The van der Waals surface area contributed by atoms with Crippen molar-refractivity contribution in [2.24, 2.45) is 33.0 Å². The van der Waals surface area contributed by atoms with Gasteiger partial charge in [0.1, 0.15) is 0 Å². The molecule has 2 heterocycles.